The van der Waals surface area contributed by atoms with Gasteiger partial charge in [0.1, 0.15) is 6.61 Å². The van der Waals surface area contributed by atoms with Crippen LogP contribution in [-0.4, -0.2) is 38.6 Å². The molecule has 5 nitrogen and oxygen atoms in total. The molecular weight excluding hydrogens is 256 g/mol. The van der Waals surface area contributed by atoms with E-state index in [4.69, 9.17) is 4.74 Å². The highest BCUT2D eigenvalue weighted by atomic mass is 16.5. The van der Waals surface area contributed by atoms with Crippen LogP contribution in [0.2, 0.25) is 0 Å². The molecule has 0 aromatic heterocycles. The van der Waals surface area contributed by atoms with Gasteiger partial charge >= 0.3 is 0 Å². The highest BCUT2D eigenvalue weighted by Gasteiger charge is 2.06. The van der Waals surface area contributed by atoms with Gasteiger partial charge in [0.25, 0.3) is 5.91 Å². The zero-order valence-electron chi connectivity index (χ0n) is 11.7. The minimum Gasteiger partial charge on any atom is -0.372 e. The van der Waals surface area contributed by atoms with Crippen LogP contribution in [0.3, 0.4) is 0 Å². The molecule has 0 unspecified atom stereocenters. The fourth-order valence-electron chi connectivity index (χ4n) is 1.45. The summed E-state index contributed by atoms with van der Waals surface area (Å²) in [5.41, 5.74) is 1.15. The number of amides is 2. The Morgan fingerprint density at radius 3 is 2.75 bits per heavy atom. The van der Waals surface area contributed by atoms with Crippen molar-refractivity contribution in [2.24, 2.45) is 0 Å². The monoisotopic (exact) mass is 274 g/mol. The van der Waals surface area contributed by atoms with Gasteiger partial charge < -0.3 is 15.4 Å². The van der Waals surface area contributed by atoms with E-state index in [0.717, 1.165) is 0 Å². The third-order valence-electron chi connectivity index (χ3n) is 2.43. The maximum absolute atomic E-state index is 11.6. The second-order valence-corrected chi connectivity index (χ2v) is 3.84. The molecule has 5 heteroatoms. The van der Waals surface area contributed by atoms with Gasteiger partial charge in [-0.2, -0.15) is 0 Å². The molecule has 0 fully saturated rings. The maximum atomic E-state index is 11.6. The van der Waals surface area contributed by atoms with E-state index in [1.807, 2.05) is 13.0 Å². The fraction of sp³-hybridized carbons (Fsp3) is 0.333. The number of ether oxygens (including phenoxy) is 1. The molecule has 1 aromatic carbocycles. The molecule has 0 saturated carbocycles. The van der Waals surface area contributed by atoms with Crippen LogP contribution in [0.5, 0.6) is 0 Å². The van der Waals surface area contributed by atoms with E-state index >= 15 is 0 Å². The summed E-state index contributed by atoms with van der Waals surface area (Å²) >= 11 is 0. The Labute approximate surface area is 118 Å². The number of nitrogens with one attached hydrogen (secondary N) is 2. The third-order valence-corrected chi connectivity index (χ3v) is 2.43. The summed E-state index contributed by atoms with van der Waals surface area (Å²) in [6, 6.07) is 7.06. The van der Waals surface area contributed by atoms with E-state index in [1.165, 1.54) is 0 Å². The number of benzene rings is 1. The van der Waals surface area contributed by atoms with Crippen LogP contribution in [0.15, 0.2) is 24.3 Å². The van der Waals surface area contributed by atoms with Gasteiger partial charge in [-0.05, 0) is 19.1 Å². The lowest BCUT2D eigenvalue weighted by molar-refractivity contribution is -0.125. The lowest BCUT2D eigenvalue weighted by Gasteiger charge is -2.02. The first-order valence-electron chi connectivity index (χ1n) is 6.33. The van der Waals surface area contributed by atoms with Crippen molar-refractivity contribution in [3.8, 4) is 11.8 Å². The van der Waals surface area contributed by atoms with Crippen molar-refractivity contribution >= 4 is 11.8 Å². The topological polar surface area (TPSA) is 67.4 Å². The Kier molecular flexibility index (Phi) is 6.87. The molecule has 106 valence electrons. The molecule has 0 heterocycles. The summed E-state index contributed by atoms with van der Waals surface area (Å²) in [5, 5.41) is 5.17. The molecule has 0 saturated heterocycles. The zero-order chi connectivity index (χ0) is 14.8. The minimum absolute atomic E-state index is 0.0347. The lowest BCUT2D eigenvalue weighted by Crippen LogP contribution is -2.27. The molecule has 1 rings (SSSR count). The predicted octanol–water partition coefficient (Wildman–Crippen LogP) is 0.550. The Balaban J connectivity index is 2.60. The van der Waals surface area contributed by atoms with Gasteiger partial charge in [-0.15, -0.1) is 0 Å². The van der Waals surface area contributed by atoms with Crippen molar-refractivity contribution in [1.82, 2.24) is 10.6 Å². The van der Waals surface area contributed by atoms with Gasteiger partial charge in [-0.3, -0.25) is 9.59 Å². The maximum Gasteiger partial charge on any atom is 0.252 e. The second kappa shape index (κ2) is 8.73. The van der Waals surface area contributed by atoms with Crippen molar-refractivity contribution in [2.45, 2.75) is 6.92 Å². The van der Waals surface area contributed by atoms with Crippen molar-refractivity contribution < 1.29 is 14.3 Å². The van der Waals surface area contributed by atoms with Crippen LogP contribution in [-0.2, 0) is 9.53 Å². The number of hydrogen-bond acceptors (Lipinski definition) is 3. The Morgan fingerprint density at radius 1 is 1.30 bits per heavy atom. The van der Waals surface area contributed by atoms with E-state index in [9.17, 15) is 9.59 Å². The average Bonchev–Trinajstić information content (AvgIpc) is 2.49. The lowest BCUT2D eigenvalue weighted by atomic mass is 10.1. The van der Waals surface area contributed by atoms with Crippen molar-refractivity contribution in [3.05, 3.63) is 35.4 Å². The Bertz CT molecular complexity index is 529. The molecule has 1 aromatic rings. The Hall–Kier alpha value is -2.32. The normalized spacial score (nSPS) is 9.30. The van der Waals surface area contributed by atoms with Crippen LogP contribution in [0.4, 0.5) is 0 Å². The summed E-state index contributed by atoms with van der Waals surface area (Å²) in [5.74, 6) is 5.29. The molecule has 0 aliphatic rings. The quantitative estimate of drug-likeness (QED) is 0.771. The molecule has 0 bridgehead atoms. The van der Waals surface area contributed by atoms with Crippen molar-refractivity contribution in [2.75, 3.05) is 26.8 Å². The fourth-order valence-corrected chi connectivity index (χ4v) is 1.45. The average molecular weight is 274 g/mol. The van der Waals surface area contributed by atoms with E-state index in [2.05, 4.69) is 22.5 Å². The van der Waals surface area contributed by atoms with Gasteiger partial charge in [-0.25, -0.2) is 0 Å². The molecule has 20 heavy (non-hydrogen) atoms. The number of carbonyl (C=O) groups excluding carboxylic acids is 2. The van der Waals surface area contributed by atoms with Gasteiger partial charge in [0.15, 0.2) is 0 Å². The first-order chi connectivity index (χ1) is 9.69. The summed E-state index contributed by atoms with van der Waals surface area (Å²) in [7, 11) is 1.57. The minimum atomic E-state index is -0.208. The van der Waals surface area contributed by atoms with E-state index in [-0.39, 0.29) is 25.0 Å². The molecule has 2 amide bonds. The Morgan fingerprint density at radius 2 is 2.05 bits per heavy atom. The van der Waals surface area contributed by atoms with Crippen LogP contribution >= 0.6 is 0 Å². The molecule has 0 spiro atoms. The van der Waals surface area contributed by atoms with Crippen LogP contribution < -0.4 is 10.6 Å². The van der Waals surface area contributed by atoms with E-state index in [0.29, 0.717) is 17.7 Å². The SMILES string of the molecule is CCOCC(=O)NCC#Cc1ccccc1C(=O)NC. The largest absolute Gasteiger partial charge is 0.372 e. The molecule has 2 N–H and O–H groups in total. The summed E-state index contributed by atoms with van der Waals surface area (Å²) in [4.78, 5) is 22.9. The molecule has 0 radical (unpaired) electrons. The smallest absolute Gasteiger partial charge is 0.252 e. The van der Waals surface area contributed by atoms with Crippen LogP contribution in [0.25, 0.3) is 0 Å². The van der Waals surface area contributed by atoms with Gasteiger partial charge in [0.2, 0.25) is 5.91 Å². The van der Waals surface area contributed by atoms with Gasteiger partial charge in [-0.1, -0.05) is 24.0 Å². The van der Waals surface area contributed by atoms with Crippen LogP contribution in [0.1, 0.15) is 22.8 Å². The number of rotatable bonds is 5. The second-order valence-electron chi connectivity index (χ2n) is 3.84. The third kappa shape index (κ3) is 5.12. The standard InChI is InChI=1S/C15H18N2O3/c1-3-20-11-14(18)17-10-6-8-12-7-4-5-9-13(12)15(19)16-2/h4-5,7,9H,3,10-11H2,1-2H3,(H,16,19)(H,17,18). The van der Waals surface area contributed by atoms with Gasteiger partial charge in [0.05, 0.1) is 12.1 Å². The first-order valence-corrected chi connectivity index (χ1v) is 6.33. The number of carbonyl (C=O) groups is 2. The zero-order valence-corrected chi connectivity index (χ0v) is 11.7. The number of hydrogen-bond donors (Lipinski definition) is 2. The van der Waals surface area contributed by atoms with Crippen LogP contribution in [0, 0.1) is 11.8 Å². The predicted molar refractivity (Wildman–Crippen MR) is 76.2 cm³/mol. The summed E-state index contributed by atoms with van der Waals surface area (Å²) < 4.78 is 4.96. The van der Waals surface area contributed by atoms with E-state index < -0.39 is 0 Å². The molecule has 0 aliphatic carbocycles. The highest BCUT2D eigenvalue weighted by molar-refractivity contribution is 5.96. The highest BCUT2D eigenvalue weighted by Crippen LogP contribution is 2.06. The molecule has 0 atom stereocenters. The van der Waals surface area contributed by atoms with E-state index in [1.54, 1.807) is 25.2 Å². The van der Waals surface area contributed by atoms with Crippen molar-refractivity contribution in [3.63, 3.8) is 0 Å². The first kappa shape index (κ1) is 15.7. The van der Waals surface area contributed by atoms with Gasteiger partial charge in [0, 0.05) is 19.2 Å². The molecular formula is C15H18N2O3. The molecule has 0 aliphatic heterocycles. The van der Waals surface area contributed by atoms with Crippen molar-refractivity contribution in [1.29, 1.82) is 0 Å². The summed E-state index contributed by atoms with van der Waals surface area (Å²) in [6.07, 6.45) is 0. The summed E-state index contributed by atoms with van der Waals surface area (Å²) in [6.45, 7) is 2.57.